The Morgan fingerprint density at radius 2 is 2.04 bits per heavy atom. The number of hydrogen-bond acceptors (Lipinski definition) is 4. The van der Waals surface area contributed by atoms with Gasteiger partial charge >= 0.3 is 0 Å². The first-order valence-electron chi connectivity index (χ1n) is 6.79. The van der Waals surface area contributed by atoms with Gasteiger partial charge in [0, 0.05) is 14.9 Å². The van der Waals surface area contributed by atoms with Crippen LogP contribution in [-0.4, -0.2) is 27.3 Å². The van der Waals surface area contributed by atoms with Gasteiger partial charge in [0.15, 0.2) is 5.82 Å². The number of aromatic amines is 1. The number of nitrogens with zero attached hydrogens (tertiary/aromatic N) is 3. The lowest BCUT2D eigenvalue weighted by molar-refractivity contribution is 0.871. The summed E-state index contributed by atoms with van der Waals surface area (Å²) in [5.41, 5.74) is 1.94. The van der Waals surface area contributed by atoms with Crippen molar-refractivity contribution in [1.82, 2.24) is 14.9 Å². The van der Waals surface area contributed by atoms with Crippen LogP contribution in [0.3, 0.4) is 0 Å². The van der Waals surface area contributed by atoms with Crippen LogP contribution in [0.15, 0.2) is 63.0 Å². The van der Waals surface area contributed by atoms with Crippen molar-refractivity contribution in [3.63, 3.8) is 0 Å². The Labute approximate surface area is 151 Å². The van der Waals surface area contributed by atoms with Crippen LogP contribution < -0.4 is 0 Å². The second-order valence-corrected chi connectivity index (χ2v) is 6.87. The number of nitrogens with one attached hydrogen (secondary N) is 1. The summed E-state index contributed by atoms with van der Waals surface area (Å²) in [5, 5.41) is 11.5. The smallest absolute Gasteiger partial charge is 0.216 e. The van der Waals surface area contributed by atoms with Crippen molar-refractivity contribution in [2.45, 2.75) is 4.90 Å². The fourth-order valence-electron chi connectivity index (χ4n) is 2.03. The molecule has 1 aromatic heterocycles. The van der Waals surface area contributed by atoms with Crippen molar-refractivity contribution in [3.8, 4) is 11.4 Å². The van der Waals surface area contributed by atoms with E-state index in [0.29, 0.717) is 10.6 Å². The van der Waals surface area contributed by atoms with E-state index in [1.165, 1.54) is 4.90 Å². The molecule has 1 N–H and O–H groups in total. The quantitative estimate of drug-likeness (QED) is 0.379. The first-order valence-corrected chi connectivity index (χ1v) is 9.22. The molecule has 0 aliphatic rings. The van der Waals surface area contributed by atoms with E-state index in [0.717, 1.165) is 15.6 Å². The van der Waals surface area contributed by atoms with E-state index in [1.807, 2.05) is 36.4 Å². The number of thioether (sulfide) groups is 1. The Hall–Kier alpha value is -1.70. The van der Waals surface area contributed by atoms with E-state index >= 15 is 0 Å². The lowest BCUT2D eigenvalue weighted by atomic mass is 10.2. The third-order valence-corrected chi connectivity index (χ3v) is 4.67. The molecule has 0 aliphatic heterocycles. The summed E-state index contributed by atoms with van der Waals surface area (Å²) in [7, 11) is 0. The molecule has 2 aromatic carbocycles. The zero-order chi connectivity index (χ0) is 16.2. The van der Waals surface area contributed by atoms with Gasteiger partial charge in [-0.25, -0.2) is 5.10 Å². The lowest BCUT2D eigenvalue weighted by Crippen LogP contribution is -1.95. The number of hydrogen-bond donors (Lipinski definition) is 1. The summed E-state index contributed by atoms with van der Waals surface area (Å²) >= 11 is 10.5. The van der Waals surface area contributed by atoms with E-state index in [-0.39, 0.29) is 0 Å². The number of aromatic nitrogens is 3. The normalized spacial score (nSPS) is 11.2. The monoisotopic (exact) mass is 404 g/mol. The summed E-state index contributed by atoms with van der Waals surface area (Å²) in [6.45, 7) is 0. The maximum absolute atomic E-state index is 5.28. The minimum Gasteiger partial charge on any atom is -0.250 e. The molecule has 4 nitrogen and oxygen atoms in total. The molecule has 23 heavy (non-hydrogen) atoms. The highest BCUT2D eigenvalue weighted by Gasteiger charge is 2.08. The molecule has 0 atom stereocenters. The Bertz CT molecular complexity index is 897. The van der Waals surface area contributed by atoms with Crippen molar-refractivity contribution in [2.75, 3.05) is 6.26 Å². The Balaban J connectivity index is 1.95. The Kier molecular flexibility index (Phi) is 5.09. The topological polar surface area (TPSA) is 46.0 Å². The summed E-state index contributed by atoms with van der Waals surface area (Å²) in [6, 6.07) is 16.0. The molecule has 0 spiro atoms. The van der Waals surface area contributed by atoms with Crippen molar-refractivity contribution < 1.29 is 0 Å². The second-order valence-electron chi connectivity index (χ2n) is 4.69. The maximum atomic E-state index is 5.28. The van der Waals surface area contributed by atoms with Crippen LogP contribution in [-0.2, 0) is 0 Å². The fourth-order valence-corrected chi connectivity index (χ4v) is 3.01. The zero-order valence-electron chi connectivity index (χ0n) is 12.2. The van der Waals surface area contributed by atoms with Gasteiger partial charge in [-0.2, -0.15) is 14.9 Å². The van der Waals surface area contributed by atoms with E-state index in [4.69, 9.17) is 12.2 Å². The van der Waals surface area contributed by atoms with Gasteiger partial charge in [-0.15, -0.1) is 11.8 Å². The standard InChI is InChI=1S/C16H13BrN4S2/c1-23-14-7-5-11(6-8-14)10-18-21-15(19-20-16(21)22)12-3-2-4-13(17)9-12/h2-10H,1H3,(H,20,22)/b18-10-. The van der Waals surface area contributed by atoms with Crippen LogP contribution in [0.25, 0.3) is 11.4 Å². The largest absolute Gasteiger partial charge is 0.250 e. The van der Waals surface area contributed by atoms with E-state index in [1.54, 1.807) is 22.7 Å². The molecular weight excluding hydrogens is 392 g/mol. The predicted molar refractivity (Wildman–Crippen MR) is 102 cm³/mol. The van der Waals surface area contributed by atoms with Gasteiger partial charge in [-0.1, -0.05) is 40.2 Å². The fraction of sp³-hybridized carbons (Fsp3) is 0.0625. The maximum Gasteiger partial charge on any atom is 0.216 e. The molecule has 7 heteroatoms. The van der Waals surface area contributed by atoms with Gasteiger partial charge in [0.25, 0.3) is 0 Å². The predicted octanol–water partition coefficient (Wildman–Crippen LogP) is 4.97. The van der Waals surface area contributed by atoms with Crippen LogP contribution in [0, 0.1) is 4.77 Å². The average molecular weight is 405 g/mol. The number of rotatable bonds is 4. The number of H-pyrrole nitrogens is 1. The minimum atomic E-state index is 0.456. The summed E-state index contributed by atoms with van der Waals surface area (Å²) in [5.74, 6) is 0.674. The third kappa shape index (κ3) is 3.80. The van der Waals surface area contributed by atoms with Crippen LogP contribution in [0.2, 0.25) is 0 Å². The summed E-state index contributed by atoms with van der Waals surface area (Å²) in [6.07, 6.45) is 3.83. The molecule has 116 valence electrons. The lowest BCUT2D eigenvalue weighted by Gasteiger charge is -2.02. The molecule has 3 aromatic rings. The molecule has 0 radical (unpaired) electrons. The number of halogens is 1. The molecule has 0 bridgehead atoms. The van der Waals surface area contributed by atoms with Gasteiger partial charge in [-0.05, 0) is 48.3 Å². The molecular formula is C16H13BrN4S2. The summed E-state index contributed by atoms with van der Waals surface area (Å²) < 4.78 is 3.06. The van der Waals surface area contributed by atoms with Crippen molar-refractivity contribution in [2.24, 2.45) is 5.10 Å². The molecule has 0 saturated heterocycles. The SMILES string of the molecule is CSc1ccc(/C=N\n2c(-c3cccc(Br)c3)n[nH]c2=S)cc1. The highest BCUT2D eigenvalue weighted by molar-refractivity contribution is 9.10. The van der Waals surface area contributed by atoms with E-state index < -0.39 is 0 Å². The zero-order valence-corrected chi connectivity index (χ0v) is 15.5. The molecule has 0 saturated carbocycles. The average Bonchev–Trinajstić information content (AvgIpc) is 2.94. The van der Waals surface area contributed by atoms with Crippen LogP contribution in [0.1, 0.15) is 5.56 Å². The van der Waals surface area contributed by atoms with Crippen LogP contribution in [0.5, 0.6) is 0 Å². The molecule has 0 amide bonds. The van der Waals surface area contributed by atoms with Gasteiger partial charge in [-0.3, -0.25) is 0 Å². The highest BCUT2D eigenvalue weighted by Crippen LogP contribution is 2.21. The van der Waals surface area contributed by atoms with Crippen molar-refractivity contribution in [1.29, 1.82) is 0 Å². The van der Waals surface area contributed by atoms with Gasteiger partial charge < -0.3 is 0 Å². The van der Waals surface area contributed by atoms with Gasteiger partial charge in [0.05, 0.1) is 6.21 Å². The van der Waals surface area contributed by atoms with Crippen LogP contribution >= 0.6 is 39.9 Å². The number of benzene rings is 2. The van der Waals surface area contributed by atoms with Crippen molar-refractivity contribution in [3.05, 3.63) is 63.3 Å². The third-order valence-electron chi connectivity index (χ3n) is 3.17. The molecule has 3 rings (SSSR count). The Morgan fingerprint density at radius 3 is 2.74 bits per heavy atom. The Morgan fingerprint density at radius 1 is 1.26 bits per heavy atom. The van der Waals surface area contributed by atoms with E-state index in [2.05, 4.69) is 49.6 Å². The van der Waals surface area contributed by atoms with E-state index in [9.17, 15) is 0 Å². The van der Waals surface area contributed by atoms with Crippen LogP contribution in [0.4, 0.5) is 0 Å². The summed E-state index contributed by atoms with van der Waals surface area (Å²) in [4.78, 5) is 1.22. The molecule has 0 fully saturated rings. The molecule has 1 heterocycles. The first kappa shape index (κ1) is 16.2. The first-order chi connectivity index (χ1) is 11.2. The van der Waals surface area contributed by atoms with Crippen molar-refractivity contribution >= 4 is 46.1 Å². The molecule has 0 unspecified atom stereocenters. The van der Waals surface area contributed by atoms with Gasteiger partial charge in [0.1, 0.15) is 0 Å². The highest BCUT2D eigenvalue weighted by atomic mass is 79.9. The molecule has 0 aliphatic carbocycles. The minimum absolute atomic E-state index is 0.456. The van der Waals surface area contributed by atoms with Gasteiger partial charge in [0.2, 0.25) is 4.77 Å². The second kappa shape index (κ2) is 7.25.